The van der Waals surface area contributed by atoms with Crippen LogP contribution in [0.25, 0.3) is 0 Å². The number of aryl methyl sites for hydroxylation is 2. The smallest absolute Gasteiger partial charge is 0.287 e. The quantitative estimate of drug-likeness (QED) is 0.749. The third-order valence-electron chi connectivity index (χ3n) is 4.13. The van der Waals surface area contributed by atoms with Gasteiger partial charge in [0.2, 0.25) is 0 Å². The lowest BCUT2D eigenvalue weighted by Crippen LogP contribution is -2.22. The lowest BCUT2D eigenvalue weighted by atomic mass is 10.2. The van der Waals surface area contributed by atoms with E-state index in [2.05, 4.69) is 10.4 Å². The minimum Gasteiger partial charge on any atom is -0.485 e. The molecule has 3 aromatic rings. The van der Waals surface area contributed by atoms with Gasteiger partial charge in [0, 0.05) is 24.8 Å². The van der Waals surface area contributed by atoms with Crippen molar-refractivity contribution in [2.75, 3.05) is 0 Å². The fraction of sp³-hybridized carbons (Fsp3) is 0.263. The zero-order chi connectivity index (χ0) is 17.8. The van der Waals surface area contributed by atoms with Crippen molar-refractivity contribution in [3.05, 3.63) is 70.9 Å². The van der Waals surface area contributed by atoms with Gasteiger partial charge < -0.3 is 14.5 Å². The number of hydrogen-bond donors (Lipinski definition) is 1. The monoisotopic (exact) mass is 339 g/mol. The molecule has 0 aliphatic heterocycles. The van der Waals surface area contributed by atoms with Crippen molar-refractivity contribution in [1.29, 1.82) is 0 Å². The number of para-hydroxylation sites is 1. The van der Waals surface area contributed by atoms with Gasteiger partial charge in [-0.2, -0.15) is 5.10 Å². The van der Waals surface area contributed by atoms with Gasteiger partial charge in [-0.1, -0.05) is 18.2 Å². The first kappa shape index (κ1) is 16.8. The summed E-state index contributed by atoms with van der Waals surface area (Å²) in [6.07, 6.45) is 1.75. The molecule has 0 bridgehead atoms. The van der Waals surface area contributed by atoms with Crippen LogP contribution in [0, 0.1) is 13.8 Å². The SMILES string of the molecule is Cc1ccccc1OCc1ccc(C(=O)NCc2cnn(C)c2C)o1. The van der Waals surface area contributed by atoms with E-state index in [1.54, 1.807) is 23.0 Å². The Morgan fingerprint density at radius 1 is 1.24 bits per heavy atom. The molecule has 0 saturated carbocycles. The fourth-order valence-electron chi connectivity index (χ4n) is 2.43. The Balaban J connectivity index is 1.56. The Hall–Kier alpha value is -3.02. The van der Waals surface area contributed by atoms with E-state index in [0.717, 1.165) is 22.6 Å². The molecule has 2 aromatic heterocycles. The average molecular weight is 339 g/mol. The van der Waals surface area contributed by atoms with Crippen LogP contribution in [0.15, 0.2) is 47.0 Å². The molecular formula is C19H21N3O3. The maximum absolute atomic E-state index is 12.2. The van der Waals surface area contributed by atoms with Crippen LogP contribution in [-0.4, -0.2) is 15.7 Å². The van der Waals surface area contributed by atoms with Gasteiger partial charge in [-0.05, 0) is 37.6 Å². The minimum atomic E-state index is -0.259. The molecule has 3 rings (SSSR count). The largest absolute Gasteiger partial charge is 0.485 e. The van der Waals surface area contributed by atoms with E-state index < -0.39 is 0 Å². The molecule has 0 atom stereocenters. The molecular weight excluding hydrogens is 318 g/mol. The van der Waals surface area contributed by atoms with Gasteiger partial charge in [-0.3, -0.25) is 9.48 Å². The molecule has 0 saturated heterocycles. The first-order valence-corrected chi connectivity index (χ1v) is 8.07. The lowest BCUT2D eigenvalue weighted by molar-refractivity contribution is 0.0919. The van der Waals surface area contributed by atoms with Crippen molar-refractivity contribution in [1.82, 2.24) is 15.1 Å². The van der Waals surface area contributed by atoms with E-state index in [0.29, 0.717) is 12.3 Å². The summed E-state index contributed by atoms with van der Waals surface area (Å²) in [5.41, 5.74) is 3.05. The highest BCUT2D eigenvalue weighted by molar-refractivity contribution is 5.91. The van der Waals surface area contributed by atoms with E-state index in [1.165, 1.54) is 0 Å². The number of rotatable bonds is 6. The number of aromatic nitrogens is 2. The Kier molecular flexibility index (Phi) is 4.88. The van der Waals surface area contributed by atoms with Crippen molar-refractivity contribution in [3.63, 3.8) is 0 Å². The summed E-state index contributed by atoms with van der Waals surface area (Å²) in [5.74, 6) is 1.42. The predicted octanol–water partition coefficient (Wildman–Crippen LogP) is 3.14. The minimum absolute atomic E-state index is 0.259. The highest BCUT2D eigenvalue weighted by atomic mass is 16.5. The number of nitrogens with one attached hydrogen (secondary N) is 1. The molecule has 1 aromatic carbocycles. The van der Waals surface area contributed by atoms with Gasteiger partial charge in [-0.15, -0.1) is 0 Å². The molecule has 0 spiro atoms. The van der Waals surface area contributed by atoms with E-state index in [9.17, 15) is 4.79 Å². The molecule has 1 N–H and O–H groups in total. The highest BCUT2D eigenvalue weighted by Gasteiger charge is 2.13. The normalized spacial score (nSPS) is 10.7. The number of nitrogens with zero attached hydrogens (tertiary/aromatic N) is 2. The van der Waals surface area contributed by atoms with Gasteiger partial charge in [0.1, 0.15) is 18.1 Å². The summed E-state index contributed by atoms with van der Waals surface area (Å²) >= 11 is 0. The van der Waals surface area contributed by atoms with Gasteiger partial charge >= 0.3 is 0 Å². The fourth-order valence-corrected chi connectivity index (χ4v) is 2.43. The summed E-state index contributed by atoms with van der Waals surface area (Å²) in [5, 5.41) is 7.00. The molecule has 6 nitrogen and oxygen atoms in total. The molecule has 0 unspecified atom stereocenters. The summed E-state index contributed by atoms with van der Waals surface area (Å²) in [6, 6.07) is 11.2. The van der Waals surface area contributed by atoms with Crippen molar-refractivity contribution < 1.29 is 13.9 Å². The van der Waals surface area contributed by atoms with Gasteiger partial charge in [0.05, 0.1) is 6.20 Å². The van der Waals surface area contributed by atoms with Crippen LogP contribution in [-0.2, 0) is 20.2 Å². The van der Waals surface area contributed by atoms with Crippen molar-refractivity contribution in [3.8, 4) is 5.75 Å². The molecule has 0 aliphatic carbocycles. The molecule has 0 radical (unpaired) electrons. The summed E-state index contributed by atoms with van der Waals surface area (Å²) < 4.78 is 13.1. The van der Waals surface area contributed by atoms with Crippen molar-refractivity contribution >= 4 is 5.91 Å². The van der Waals surface area contributed by atoms with Gasteiger partial charge in [0.25, 0.3) is 5.91 Å². The summed E-state index contributed by atoms with van der Waals surface area (Å²) in [4.78, 5) is 12.2. The first-order valence-electron chi connectivity index (χ1n) is 8.07. The maximum Gasteiger partial charge on any atom is 0.287 e. The number of carbonyl (C=O) groups excluding carboxylic acids is 1. The molecule has 0 aliphatic rings. The standard InChI is InChI=1S/C19H21N3O3/c1-13-6-4-5-7-17(13)24-12-16-8-9-18(25-16)19(23)20-10-15-11-21-22(3)14(15)2/h4-9,11H,10,12H2,1-3H3,(H,20,23). The molecule has 6 heteroatoms. The number of ether oxygens (including phenoxy) is 1. The Morgan fingerprint density at radius 2 is 2.04 bits per heavy atom. The van der Waals surface area contributed by atoms with Crippen LogP contribution >= 0.6 is 0 Å². The van der Waals surface area contributed by atoms with Crippen LogP contribution in [0.1, 0.15) is 33.1 Å². The number of amides is 1. The second-order valence-corrected chi connectivity index (χ2v) is 5.88. The zero-order valence-corrected chi connectivity index (χ0v) is 14.6. The Labute approximate surface area is 146 Å². The lowest BCUT2D eigenvalue weighted by Gasteiger charge is -2.07. The highest BCUT2D eigenvalue weighted by Crippen LogP contribution is 2.18. The van der Waals surface area contributed by atoms with Crippen molar-refractivity contribution in [2.24, 2.45) is 7.05 Å². The Morgan fingerprint density at radius 3 is 2.76 bits per heavy atom. The third kappa shape index (κ3) is 3.91. The predicted molar refractivity (Wildman–Crippen MR) is 93.3 cm³/mol. The molecule has 0 fully saturated rings. The number of carbonyl (C=O) groups is 1. The number of furan rings is 1. The number of benzene rings is 1. The van der Waals surface area contributed by atoms with Crippen LogP contribution < -0.4 is 10.1 Å². The van der Waals surface area contributed by atoms with Gasteiger partial charge in [-0.25, -0.2) is 0 Å². The molecule has 1 amide bonds. The summed E-state index contributed by atoms with van der Waals surface area (Å²) in [6.45, 7) is 4.63. The van der Waals surface area contributed by atoms with E-state index >= 15 is 0 Å². The maximum atomic E-state index is 12.2. The van der Waals surface area contributed by atoms with E-state index in [1.807, 2.05) is 45.2 Å². The van der Waals surface area contributed by atoms with Crippen LogP contribution in [0.5, 0.6) is 5.75 Å². The zero-order valence-electron chi connectivity index (χ0n) is 14.6. The summed E-state index contributed by atoms with van der Waals surface area (Å²) in [7, 11) is 1.87. The molecule has 2 heterocycles. The number of hydrogen-bond acceptors (Lipinski definition) is 4. The Bertz CT molecular complexity index is 880. The topological polar surface area (TPSA) is 69.3 Å². The van der Waals surface area contributed by atoms with E-state index in [4.69, 9.17) is 9.15 Å². The second-order valence-electron chi connectivity index (χ2n) is 5.88. The third-order valence-corrected chi connectivity index (χ3v) is 4.13. The van der Waals surface area contributed by atoms with E-state index in [-0.39, 0.29) is 18.3 Å². The van der Waals surface area contributed by atoms with Gasteiger partial charge in [0.15, 0.2) is 5.76 Å². The first-order chi connectivity index (χ1) is 12.0. The van der Waals surface area contributed by atoms with Crippen molar-refractivity contribution in [2.45, 2.75) is 27.0 Å². The molecule has 130 valence electrons. The van der Waals surface area contributed by atoms with Crippen LogP contribution in [0.4, 0.5) is 0 Å². The molecule has 25 heavy (non-hydrogen) atoms. The van der Waals surface area contributed by atoms with Crippen LogP contribution in [0.2, 0.25) is 0 Å². The van der Waals surface area contributed by atoms with Crippen LogP contribution in [0.3, 0.4) is 0 Å². The average Bonchev–Trinajstić information content (AvgIpc) is 3.20. The second kappa shape index (κ2) is 7.25.